The Bertz CT molecular complexity index is 268. The van der Waals surface area contributed by atoms with Gasteiger partial charge in [0.1, 0.15) is 0 Å². The zero-order valence-electron chi connectivity index (χ0n) is 12.2. The van der Waals surface area contributed by atoms with E-state index in [-0.39, 0.29) is 33.6 Å². The Morgan fingerprint density at radius 3 is 1.44 bits per heavy atom. The Hall–Kier alpha value is -0.416. The molecule has 1 N–H and O–H groups in total. The van der Waals surface area contributed by atoms with Gasteiger partial charge in [-0.2, -0.15) is 25.4 Å². The Morgan fingerprint density at radius 2 is 1.39 bits per heavy atom. The predicted molar refractivity (Wildman–Crippen MR) is 65.1 cm³/mol. The van der Waals surface area contributed by atoms with Gasteiger partial charge in [-0.1, -0.05) is 33.1 Å². The van der Waals surface area contributed by atoms with E-state index >= 15 is 0 Å². The molecule has 0 aromatic carbocycles. The third kappa shape index (κ3) is 9.60. The van der Waals surface area contributed by atoms with Gasteiger partial charge in [-0.05, 0) is 0 Å². The van der Waals surface area contributed by atoms with E-state index in [1.165, 1.54) is 16.7 Å². The molecule has 1 aliphatic rings. The standard InChI is InChI=1S/C10H15.CH2O2.2CH3O.Ti/c1-7-6-10(4,5)9(3)8(7)2;2-1-3;2*1-2;/h1-5H3;1H,(H,2,3);2*1H3;/q-1;;2*-1;+3. The first-order chi connectivity index (χ1) is 7.86. The molecule has 0 aromatic rings. The molecular weight excluding hydrogens is 268 g/mol. The molecule has 1 rings (SSSR count). The molecule has 18 heavy (non-hydrogen) atoms. The molecule has 5 heteroatoms. The molecule has 0 aromatic heterocycles. The third-order valence-corrected chi connectivity index (χ3v) is 2.56. The van der Waals surface area contributed by atoms with Gasteiger partial charge in [-0.25, -0.2) is 5.57 Å². The maximum Gasteiger partial charge on any atom is 3.00 e. The maximum atomic E-state index is 8.36. The molecule has 0 heterocycles. The first kappa shape index (κ1) is 26.2. The first-order valence-electron chi connectivity index (χ1n) is 5.06. The van der Waals surface area contributed by atoms with E-state index in [9.17, 15) is 0 Å². The van der Waals surface area contributed by atoms with Crippen molar-refractivity contribution in [2.45, 2.75) is 34.6 Å². The van der Waals surface area contributed by atoms with Gasteiger partial charge < -0.3 is 15.3 Å². The monoisotopic (exact) mass is 291 g/mol. The van der Waals surface area contributed by atoms with Gasteiger partial charge in [0.15, 0.2) is 0 Å². The van der Waals surface area contributed by atoms with Crippen molar-refractivity contribution in [3.8, 4) is 0 Å². The van der Waals surface area contributed by atoms with E-state index in [1.807, 2.05) is 0 Å². The Kier molecular flexibility index (Phi) is 21.3. The van der Waals surface area contributed by atoms with E-state index in [2.05, 4.69) is 40.7 Å². The smallest absolute Gasteiger partial charge is 0.857 e. The molecule has 103 valence electrons. The van der Waals surface area contributed by atoms with Gasteiger partial charge in [0.2, 0.25) is 0 Å². The summed E-state index contributed by atoms with van der Waals surface area (Å²) in [5.74, 6) is 0. The van der Waals surface area contributed by atoms with Crippen LogP contribution < -0.4 is 10.2 Å². The van der Waals surface area contributed by atoms with Crippen LogP contribution in [0.3, 0.4) is 0 Å². The molecule has 0 saturated carbocycles. The fraction of sp³-hybridized carbons (Fsp3) is 0.615. The minimum Gasteiger partial charge on any atom is -0.857 e. The number of carbonyl (C=O) groups is 1. The van der Waals surface area contributed by atoms with Crippen molar-refractivity contribution in [3.05, 3.63) is 22.8 Å². The molecule has 1 aliphatic carbocycles. The summed E-state index contributed by atoms with van der Waals surface area (Å²) in [6.07, 6.45) is 3.44. The molecule has 0 fully saturated rings. The molecular formula is C13H23O4Ti. The zero-order valence-corrected chi connectivity index (χ0v) is 13.8. The van der Waals surface area contributed by atoms with Crippen LogP contribution >= 0.6 is 0 Å². The van der Waals surface area contributed by atoms with Crippen LogP contribution in [0, 0.1) is 11.5 Å². The summed E-state index contributed by atoms with van der Waals surface area (Å²) in [4.78, 5) is 8.36. The average molecular weight is 291 g/mol. The normalized spacial score (nSPS) is 14.4. The second kappa shape index (κ2) is 14.6. The van der Waals surface area contributed by atoms with Crippen LogP contribution in [0.1, 0.15) is 34.6 Å². The van der Waals surface area contributed by atoms with Gasteiger partial charge in [-0.3, -0.25) is 10.9 Å². The van der Waals surface area contributed by atoms with Crippen molar-refractivity contribution >= 4 is 6.47 Å². The van der Waals surface area contributed by atoms with E-state index < -0.39 is 0 Å². The quantitative estimate of drug-likeness (QED) is 0.406. The van der Waals surface area contributed by atoms with Crippen LogP contribution in [0.5, 0.6) is 0 Å². The molecule has 4 nitrogen and oxygen atoms in total. The van der Waals surface area contributed by atoms with Crippen molar-refractivity contribution in [1.82, 2.24) is 0 Å². The maximum absolute atomic E-state index is 8.36. The minimum absolute atomic E-state index is 0. The van der Waals surface area contributed by atoms with Crippen molar-refractivity contribution in [1.29, 1.82) is 0 Å². The van der Waals surface area contributed by atoms with Crippen LogP contribution in [-0.4, -0.2) is 25.8 Å². The summed E-state index contributed by atoms with van der Waals surface area (Å²) >= 11 is 0. The van der Waals surface area contributed by atoms with Crippen LogP contribution in [0.15, 0.2) is 16.7 Å². The number of rotatable bonds is 0. The summed E-state index contributed by atoms with van der Waals surface area (Å²) in [6.45, 7) is 10.7. The fourth-order valence-electron chi connectivity index (χ4n) is 1.41. The molecule has 0 amide bonds. The number of carboxylic acid groups (broad SMARTS) is 1. The van der Waals surface area contributed by atoms with Gasteiger partial charge in [0.25, 0.3) is 6.47 Å². The number of hydrogen-bond donors (Lipinski definition) is 1. The predicted octanol–water partition coefficient (Wildman–Crippen LogP) is 0.763. The summed E-state index contributed by atoms with van der Waals surface area (Å²) in [6, 6.07) is 0. The van der Waals surface area contributed by atoms with Gasteiger partial charge in [0.05, 0.1) is 0 Å². The van der Waals surface area contributed by atoms with Crippen LogP contribution in [0.2, 0.25) is 0 Å². The number of hydrogen-bond acceptors (Lipinski definition) is 3. The first-order valence-corrected chi connectivity index (χ1v) is 5.06. The molecule has 0 saturated heterocycles. The minimum atomic E-state index is -0.250. The molecule has 0 spiro atoms. The van der Waals surface area contributed by atoms with Gasteiger partial charge in [0, 0.05) is 0 Å². The largest absolute Gasteiger partial charge is 3.00 e. The Balaban J connectivity index is -0.000000106. The third-order valence-electron chi connectivity index (χ3n) is 2.56. The second-order valence-electron chi connectivity index (χ2n) is 3.73. The fourth-order valence-corrected chi connectivity index (χ4v) is 1.41. The van der Waals surface area contributed by atoms with Crippen molar-refractivity contribution in [2.24, 2.45) is 5.41 Å². The van der Waals surface area contributed by atoms with Gasteiger partial charge in [-0.15, -0.1) is 6.92 Å². The summed E-state index contributed by atoms with van der Waals surface area (Å²) in [5.41, 5.74) is 4.39. The Morgan fingerprint density at radius 1 is 1.11 bits per heavy atom. The van der Waals surface area contributed by atoms with Crippen LogP contribution in [0.25, 0.3) is 0 Å². The van der Waals surface area contributed by atoms with Gasteiger partial charge >= 0.3 is 21.7 Å². The van der Waals surface area contributed by atoms with Crippen molar-refractivity contribution < 1.29 is 41.8 Å². The zero-order chi connectivity index (χ0) is 14.6. The second-order valence-corrected chi connectivity index (χ2v) is 3.73. The van der Waals surface area contributed by atoms with Crippen LogP contribution in [0.4, 0.5) is 0 Å². The van der Waals surface area contributed by atoms with E-state index in [4.69, 9.17) is 20.1 Å². The molecule has 0 bridgehead atoms. The molecule has 0 unspecified atom stereocenters. The van der Waals surface area contributed by atoms with Crippen molar-refractivity contribution in [3.63, 3.8) is 0 Å². The van der Waals surface area contributed by atoms with E-state index in [0.29, 0.717) is 0 Å². The molecule has 1 radical (unpaired) electrons. The molecule has 0 atom stereocenters. The van der Waals surface area contributed by atoms with Crippen LogP contribution in [-0.2, 0) is 26.5 Å². The molecule has 0 aliphatic heterocycles. The number of allylic oxidation sites excluding steroid dienone is 4. The summed E-state index contributed by atoms with van der Waals surface area (Å²) in [5, 5.41) is 23.4. The Labute approximate surface area is 125 Å². The SMILES string of the molecule is CC1=[C-]C(C)(C)C(C)=C1C.C[O-].C[O-].O=CO.[Ti+3]. The average Bonchev–Trinajstić information content (AvgIpc) is 2.48. The van der Waals surface area contributed by atoms with E-state index in [0.717, 1.165) is 14.2 Å². The summed E-state index contributed by atoms with van der Waals surface area (Å²) in [7, 11) is 1.50. The summed E-state index contributed by atoms with van der Waals surface area (Å²) < 4.78 is 0. The van der Waals surface area contributed by atoms with Crippen molar-refractivity contribution in [2.75, 3.05) is 14.2 Å². The van der Waals surface area contributed by atoms with E-state index in [1.54, 1.807) is 0 Å². The topological polar surface area (TPSA) is 83.4 Å².